The number of carbonyl (C=O) groups excluding carboxylic acids is 1. The first-order valence-electron chi connectivity index (χ1n) is 7.40. The van der Waals surface area contributed by atoms with E-state index in [0.717, 1.165) is 17.7 Å². The number of aliphatic hydroxyl groups is 1. The zero-order chi connectivity index (χ0) is 13.6. The van der Waals surface area contributed by atoms with Gasteiger partial charge in [0.2, 0.25) is 5.91 Å². The molecule has 0 spiro atoms. The van der Waals surface area contributed by atoms with Gasteiger partial charge < -0.3 is 9.84 Å². The zero-order valence-corrected chi connectivity index (χ0v) is 11.3. The fraction of sp³-hybridized carbons (Fsp3) is 0.562. The van der Waals surface area contributed by atoms with Crippen LogP contribution < -0.4 is 4.90 Å². The maximum atomic E-state index is 12.8. The highest BCUT2D eigenvalue weighted by molar-refractivity contribution is 5.99. The Balaban J connectivity index is 1.61. The number of aryl methyl sites for hydroxylation is 1. The van der Waals surface area contributed by atoms with Crippen molar-refractivity contribution < 1.29 is 14.6 Å². The van der Waals surface area contributed by atoms with Crippen LogP contribution in [0.15, 0.2) is 24.3 Å². The lowest BCUT2D eigenvalue weighted by atomic mass is 9.80. The van der Waals surface area contributed by atoms with E-state index in [9.17, 15) is 9.90 Å². The summed E-state index contributed by atoms with van der Waals surface area (Å²) in [6.45, 7) is 2.03. The molecular formula is C16H17NO3. The first-order chi connectivity index (χ1) is 9.66. The normalized spacial score (nSPS) is 47.6. The van der Waals surface area contributed by atoms with Gasteiger partial charge in [0.05, 0.1) is 18.1 Å². The Labute approximate surface area is 117 Å². The molecule has 1 N–H and O–H groups in total. The molecule has 2 aliphatic carbocycles. The number of benzene rings is 1. The number of anilines is 1. The topological polar surface area (TPSA) is 49.8 Å². The van der Waals surface area contributed by atoms with Crippen molar-refractivity contribution in [2.45, 2.75) is 31.8 Å². The third-order valence-corrected chi connectivity index (χ3v) is 5.79. The number of amides is 1. The highest BCUT2D eigenvalue weighted by Crippen LogP contribution is 2.63. The summed E-state index contributed by atoms with van der Waals surface area (Å²) in [5.74, 6) is 0.905. The van der Waals surface area contributed by atoms with Crippen LogP contribution in [0.5, 0.6) is 0 Å². The molecule has 0 aromatic heterocycles. The van der Waals surface area contributed by atoms with Crippen LogP contribution in [0, 0.1) is 30.6 Å². The van der Waals surface area contributed by atoms with Crippen LogP contribution in [-0.4, -0.2) is 29.4 Å². The van der Waals surface area contributed by atoms with Crippen molar-refractivity contribution in [1.29, 1.82) is 0 Å². The molecule has 1 aromatic rings. The first kappa shape index (κ1) is 11.3. The molecule has 104 valence electrons. The minimum Gasteiger partial charge on any atom is -0.390 e. The van der Waals surface area contributed by atoms with Crippen molar-refractivity contribution >= 4 is 11.6 Å². The van der Waals surface area contributed by atoms with Gasteiger partial charge in [-0.1, -0.05) is 12.1 Å². The summed E-state index contributed by atoms with van der Waals surface area (Å²) in [4.78, 5) is 14.6. The molecule has 2 heterocycles. The fourth-order valence-electron chi connectivity index (χ4n) is 5.11. The maximum absolute atomic E-state index is 12.8. The van der Waals surface area contributed by atoms with Crippen molar-refractivity contribution in [2.24, 2.45) is 23.7 Å². The molecule has 2 saturated heterocycles. The van der Waals surface area contributed by atoms with Crippen molar-refractivity contribution in [1.82, 2.24) is 0 Å². The Bertz CT molecular complexity index is 615. The smallest absolute Gasteiger partial charge is 0.233 e. The Morgan fingerprint density at radius 2 is 2.20 bits per heavy atom. The van der Waals surface area contributed by atoms with Crippen molar-refractivity contribution in [3.63, 3.8) is 0 Å². The molecule has 2 aliphatic heterocycles. The summed E-state index contributed by atoms with van der Waals surface area (Å²) in [6, 6.07) is 8.03. The largest absolute Gasteiger partial charge is 0.390 e. The third kappa shape index (κ3) is 1.10. The van der Waals surface area contributed by atoms with E-state index >= 15 is 0 Å². The summed E-state index contributed by atoms with van der Waals surface area (Å²) < 4.78 is 6.07. The highest BCUT2D eigenvalue weighted by atomic mass is 16.5. The summed E-state index contributed by atoms with van der Waals surface area (Å²) in [5.41, 5.74) is 2.08. The number of ether oxygens (including phenoxy) is 1. The quantitative estimate of drug-likeness (QED) is 0.838. The van der Waals surface area contributed by atoms with Crippen LogP contribution >= 0.6 is 0 Å². The number of fused-ring (bicyclic) bond motifs is 2. The summed E-state index contributed by atoms with van der Waals surface area (Å²) in [7, 11) is 0. The van der Waals surface area contributed by atoms with Crippen LogP contribution in [-0.2, 0) is 9.53 Å². The van der Waals surface area contributed by atoms with Gasteiger partial charge in [-0.2, -0.15) is 0 Å². The van der Waals surface area contributed by atoms with E-state index in [1.165, 1.54) is 0 Å². The lowest BCUT2D eigenvalue weighted by Gasteiger charge is -2.30. The second-order valence-electron chi connectivity index (χ2n) is 6.70. The molecule has 2 bridgehead atoms. The Hall–Kier alpha value is -1.39. The van der Waals surface area contributed by atoms with E-state index in [2.05, 4.69) is 0 Å². The predicted molar refractivity (Wildman–Crippen MR) is 71.9 cm³/mol. The Morgan fingerprint density at radius 1 is 1.35 bits per heavy atom. The molecule has 1 aromatic carbocycles. The number of rotatable bonds is 1. The van der Waals surface area contributed by atoms with E-state index in [1.54, 1.807) is 0 Å². The molecule has 1 amide bonds. The van der Waals surface area contributed by atoms with Gasteiger partial charge in [-0.3, -0.25) is 9.69 Å². The summed E-state index contributed by atoms with van der Waals surface area (Å²) in [5, 5.41) is 10.3. The lowest BCUT2D eigenvalue weighted by molar-refractivity contribution is -0.128. The van der Waals surface area contributed by atoms with E-state index in [0.29, 0.717) is 11.8 Å². The van der Waals surface area contributed by atoms with Crippen LogP contribution in [0.2, 0.25) is 0 Å². The van der Waals surface area contributed by atoms with Crippen LogP contribution in [0.4, 0.5) is 5.69 Å². The van der Waals surface area contributed by atoms with E-state index in [-0.39, 0.29) is 30.1 Å². The minimum atomic E-state index is -0.435. The van der Waals surface area contributed by atoms with Crippen molar-refractivity contribution in [2.75, 3.05) is 4.90 Å². The Morgan fingerprint density at radius 3 is 3.00 bits per heavy atom. The maximum Gasteiger partial charge on any atom is 0.233 e. The SMILES string of the molecule is Cc1cccc(N2C(=O)[C@@H]3[C@H]4C[C@H]5[C@H](O[C@@H]2[C@@H]53)[C@@H]4O)c1. The molecule has 20 heavy (non-hydrogen) atoms. The molecule has 4 fully saturated rings. The second-order valence-corrected chi connectivity index (χ2v) is 6.70. The molecule has 7 atom stereocenters. The van der Waals surface area contributed by atoms with E-state index in [4.69, 9.17) is 4.74 Å². The summed E-state index contributed by atoms with van der Waals surface area (Å²) in [6.07, 6.45) is 0.318. The number of carbonyl (C=O) groups is 1. The van der Waals surface area contributed by atoms with Crippen molar-refractivity contribution in [3.8, 4) is 0 Å². The number of nitrogens with zero attached hydrogens (tertiary/aromatic N) is 1. The monoisotopic (exact) mass is 271 g/mol. The molecule has 2 saturated carbocycles. The average Bonchev–Trinajstić information content (AvgIpc) is 3.07. The van der Waals surface area contributed by atoms with Gasteiger partial charge in [0, 0.05) is 11.6 Å². The number of hydrogen-bond acceptors (Lipinski definition) is 3. The molecular weight excluding hydrogens is 254 g/mol. The predicted octanol–water partition coefficient (Wildman–Crippen LogP) is 1.31. The van der Waals surface area contributed by atoms with Gasteiger partial charge in [0.15, 0.2) is 0 Å². The van der Waals surface area contributed by atoms with Gasteiger partial charge in [0.25, 0.3) is 0 Å². The van der Waals surface area contributed by atoms with Crippen LogP contribution in [0.3, 0.4) is 0 Å². The van der Waals surface area contributed by atoms with Crippen molar-refractivity contribution in [3.05, 3.63) is 29.8 Å². The number of aliphatic hydroxyl groups excluding tert-OH is 1. The van der Waals surface area contributed by atoms with Crippen LogP contribution in [0.25, 0.3) is 0 Å². The zero-order valence-electron chi connectivity index (χ0n) is 11.3. The summed E-state index contributed by atoms with van der Waals surface area (Å²) >= 11 is 0. The minimum absolute atomic E-state index is 0.0285. The van der Waals surface area contributed by atoms with Gasteiger partial charge in [-0.05, 0) is 42.9 Å². The van der Waals surface area contributed by atoms with Gasteiger partial charge in [-0.15, -0.1) is 0 Å². The lowest BCUT2D eigenvalue weighted by Crippen LogP contribution is -2.43. The van der Waals surface area contributed by atoms with E-state index < -0.39 is 6.10 Å². The fourth-order valence-corrected chi connectivity index (χ4v) is 5.11. The average molecular weight is 271 g/mol. The van der Waals surface area contributed by atoms with Gasteiger partial charge in [-0.25, -0.2) is 0 Å². The van der Waals surface area contributed by atoms with Gasteiger partial charge in [0.1, 0.15) is 6.23 Å². The van der Waals surface area contributed by atoms with E-state index in [1.807, 2.05) is 36.1 Å². The molecule has 5 rings (SSSR count). The molecule has 0 unspecified atom stereocenters. The molecule has 0 radical (unpaired) electrons. The van der Waals surface area contributed by atoms with Gasteiger partial charge >= 0.3 is 0 Å². The molecule has 4 heteroatoms. The number of hydrogen-bond donors (Lipinski definition) is 1. The molecule has 4 aliphatic rings. The molecule has 4 nitrogen and oxygen atoms in total. The standard InChI is InChI=1S/C16H17NO3/c1-7-3-2-4-8(5-7)17-15(19)11-9-6-10-12(11)16(17)20-14(10)13(9)18/h2-5,9-14,16,18H,6H2,1H3/t9-,10-,11-,12+,13-,14+,16-/m1/s1. The van der Waals surface area contributed by atoms with Crippen LogP contribution in [0.1, 0.15) is 12.0 Å². The third-order valence-electron chi connectivity index (χ3n) is 5.79. The first-order valence-corrected chi connectivity index (χ1v) is 7.40. The second kappa shape index (κ2) is 3.43. The highest BCUT2D eigenvalue weighted by Gasteiger charge is 2.72. The Kier molecular flexibility index (Phi) is 1.94.